The van der Waals surface area contributed by atoms with Crippen molar-refractivity contribution in [3.8, 4) is 0 Å². The van der Waals surface area contributed by atoms with Gasteiger partial charge in [-0.1, -0.05) is 6.07 Å². The van der Waals surface area contributed by atoms with Crippen LogP contribution in [0, 0.1) is 0 Å². The van der Waals surface area contributed by atoms with Crippen molar-refractivity contribution in [3.63, 3.8) is 0 Å². The van der Waals surface area contributed by atoms with Crippen LogP contribution in [0.5, 0.6) is 0 Å². The minimum absolute atomic E-state index is 0.0500. The van der Waals surface area contributed by atoms with E-state index in [9.17, 15) is 13.6 Å². The Morgan fingerprint density at radius 2 is 2.10 bits per heavy atom. The fourth-order valence-corrected chi connectivity index (χ4v) is 3.33. The molecule has 0 aliphatic rings. The van der Waals surface area contributed by atoms with E-state index < -0.39 is 11.1 Å². The maximum absolute atomic E-state index is 12.0. The highest BCUT2D eigenvalue weighted by molar-refractivity contribution is 9.10. The molecule has 3 aromatic rings. The first-order chi connectivity index (χ1) is 9.47. The van der Waals surface area contributed by atoms with Gasteiger partial charge in [0.1, 0.15) is 0 Å². The number of nitrogens with one attached hydrogen (secondary N) is 1. The molecule has 102 valence electrons. The number of H-pyrrole nitrogens is 1. The molecule has 8 heteroatoms. The third-order valence-corrected chi connectivity index (χ3v) is 4.58. The van der Waals surface area contributed by atoms with Crippen LogP contribution in [0.1, 0.15) is 0 Å². The number of hydrogen-bond donors (Lipinski definition) is 3. The second-order valence-corrected chi connectivity index (χ2v) is 5.96. The van der Waals surface area contributed by atoms with Crippen LogP contribution in [-0.2, 0) is 11.1 Å². The minimum Gasteiger partial charge on any atom is -0.369 e. The number of fused-ring (bicyclic) bond motifs is 3. The van der Waals surface area contributed by atoms with Crippen LogP contribution in [0.15, 0.2) is 38.4 Å². The van der Waals surface area contributed by atoms with Crippen molar-refractivity contribution in [2.45, 2.75) is 4.90 Å². The maximum Gasteiger partial charge on any atom is 0.260 e. The van der Waals surface area contributed by atoms with Crippen molar-refractivity contribution in [3.05, 3.63) is 39.1 Å². The Bertz CT molecular complexity index is 939. The van der Waals surface area contributed by atoms with Gasteiger partial charge in [-0.05, 0) is 44.9 Å². The van der Waals surface area contributed by atoms with E-state index in [1.54, 1.807) is 24.3 Å². The second kappa shape index (κ2) is 4.65. The molecule has 1 unspecified atom stereocenters. The monoisotopic (exact) mass is 353 g/mol. The highest BCUT2D eigenvalue weighted by atomic mass is 79.9. The van der Waals surface area contributed by atoms with Gasteiger partial charge in [-0.2, -0.15) is 0 Å². The van der Waals surface area contributed by atoms with Crippen LogP contribution in [0.2, 0.25) is 0 Å². The SMILES string of the molecule is Nc1nc2ccc3cc(S(=O)O)c(Br)cc3c2c(=O)[nH]1. The van der Waals surface area contributed by atoms with Crippen molar-refractivity contribution >= 4 is 54.6 Å². The van der Waals surface area contributed by atoms with E-state index in [1.807, 2.05) is 0 Å². The molecular weight excluding hydrogens is 346 g/mol. The number of aromatic amines is 1. The molecule has 0 bridgehead atoms. The van der Waals surface area contributed by atoms with E-state index in [0.29, 0.717) is 26.1 Å². The Labute approximate surface area is 123 Å². The van der Waals surface area contributed by atoms with Gasteiger partial charge in [-0.3, -0.25) is 9.78 Å². The predicted molar refractivity (Wildman–Crippen MR) is 81.0 cm³/mol. The summed E-state index contributed by atoms with van der Waals surface area (Å²) in [6, 6.07) is 6.58. The lowest BCUT2D eigenvalue weighted by atomic mass is 10.1. The summed E-state index contributed by atoms with van der Waals surface area (Å²) in [5.74, 6) is 0.0500. The third kappa shape index (κ3) is 2.01. The second-order valence-electron chi connectivity index (χ2n) is 4.16. The molecule has 6 nitrogen and oxygen atoms in total. The van der Waals surface area contributed by atoms with E-state index in [2.05, 4.69) is 25.9 Å². The lowest BCUT2D eigenvalue weighted by Gasteiger charge is -2.06. The van der Waals surface area contributed by atoms with E-state index in [1.165, 1.54) is 0 Å². The van der Waals surface area contributed by atoms with Crippen LogP contribution < -0.4 is 11.3 Å². The Balaban J connectivity index is 2.52. The van der Waals surface area contributed by atoms with Crippen molar-refractivity contribution in [2.75, 3.05) is 5.73 Å². The first-order valence-corrected chi connectivity index (χ1v) is 7.40. The van der Waals surface area contributed by atoms with Crippen LogP contribution in [-0.4, -0.2) is 18.7 Å². The van der Waals surface area contributed by atoms with Crippen molar-refractivity contribution in [1.82, 2.24) is 9.97 Å². The molecule has 1 heterocycles. The fourth-order valence-electron chi connectivity index (χ4n) is 2.12. The van der Waals surface area contributed by atoms with Gasteiger partial charge in [0.05, 0.1) is 15.8 Å². The fraction of sp³-hybridized carbons (Fsp3) is 0. The smallest absolute Gasteiger partial charge is 0.260 e. The molecule has 1 atom stereocenters. The number of anilines is 1. The number of hydrogen-bond acceptors (Lipinski definition) is 4. The summed E-state index contributed by atoms with van der Waals surface area (Å²) in [5.41, 5.74) is 5.64. The maximum atomic E-state index is 12.0. The molecule has 0 saturated carbocycles. The molecular formula is C12H8BrN3O3S. The molecule has 0 aliphatic carbocycles. The molecule has 0 radical (unpaired) electrons. The molecule has 0 amide bonds. The highest BCUT2D eigenvalue weighted by Crippen LogP contribution is 2.29. The molecule has 2 aromatic carbocycles. The lowest BCUT2D eigenvalue weighted by Crippen LogP contribution is -2.11. The first-order valence-electron chi connectivity index (χ1n) is 5.50. The van der Waals surface area contributed by atoms with Gasteiger partial charge < -0.3 is 10.3 Å². The molecule has 4 N–H and O–H groups in total. The van der Waals surface area contributed by atoms with Gasteiger partial charge in [0, 0.05) is 4.47 Å². The Hall–Kier alpha value is -1.77. The van der Waals surface area contributed by atoms with Crippen LogP contribution >= 0.6 is 15.9 Å². The summed E-state index contributed by atoms with van der Waals surface area (Å²) in [5, 5.41) is 1.71. The van der Waals surface area contributed by atoms with Gasteiger partial charge in [-0.25, -0.2) is 9.19 Å². The molecule has 0 aliphatic heterocycles. The zero-order valence-corrected chi connectivity index (χ0v) is 12.3. The molecule has 20 heavy (non-hydrogen) atoms. The molecule has 1 aromatic heterocycles. The van der Waals surface area contributed by atoms with E-state index in [0.717, 1.165) is 0 Å². The molecule has 0 fully saturated rings. The topological polar surface area (TPSA) is 109 Å². The van der Waals surface area contributed by atoms with E-state index in [4.69, 9.17) is 5.73 Å². The van der Waals surface area contributed by atoms with Crippen molar-refractivity contribution < 1.29 is 8.76 Å². The number of rotatable bonds is 1. The van der Waals surface area contributed by atoms with Crippen LogP contribution in [0.4, 0.5) is 5.95 Å². The van der Waals surface area contributed by atoms with Gasteiger partial charge >= 0.3 is 0 Å². The van der Waals surface area contributed by atoms with Crippen LogP contribution in [0.25, 0.3) is 21.7 Å². The number of nitrogens with two attached hydrogens (primary N) is 1. The normalized spacial score (nSPS) is 12.9. The standard InChI is InChI=1S/C12H8BrN3O3S/c13-7-4-6-5(3-9(7)20(18)19)1-2-8-10(6)11(17)16-12(14)15-8/h1-4H,(H,18,19)(H3,14,15,16,17). The number of nitrogen functional groups attached to an aromatic ring is 1. The molecule has 3 rings (SSSR count). The number of nitrogens with zero attached hydrogens (tertiary/aromatic N) is 1. The van der Waals surface area contributed by atoms with Crippen LogP contribution in [0.3, 0.4) is 0 Å². The summed E-state index contributed by atoms with van der Waals surface area (Å²) >= 11 is 1.12. The first kappa shape index (κ1) is 13.2. The number of benzene rings is 2. The third-order valence-electron chi connectivity index (χ3n) is 2.95. The number of halogens is 1. The minimum atomic E-state index is -2.11. The Morgan fingerprint density at radius 1 is 1.35 bits per heavy atom. The van der Waals surface area contributed by atoms with Gasteiger partial charge in [0.15, 0.2) is 11.1 Å². The largest absolute Gasteiger partial charge is 0.369 e. The average Bonchev–Trinajstić information content (AvgIpc) is 2.36. The van der Waals surface area contributed by atoms with Gasteiger partial charge in [-0.15, -0.1) is 0 Å². The summed E-state index contributed by atoms with van der Waals surface area (Å²) in [4.78, 5) is 18.8. The number of aromatic nitrogens is 2. The molecule has 0 saturated heterocycles. The van der Waals surface area contributed by atoms with Gasteiger partial charge in [0.2, 0.25) is 5.95 Å². The summed E-state index contributed by atoms with van der Waals surface area (Å²) in [6.45, 7) is 0. The highest BCUT2D eigenvalue weighted by Gasteiger charge is 2.12. The van der Waals surface area contributed by atoms with Crippen molar-refractivity contribution in [2.24, 2.45) is 0 Å². The Kier molecular flexibility index (Phi) is 3.08. The zero-order chi connectivity index (χ0) is 14.4. The zero-order valence-electron chi connectivity index (χ0n) is 9.88. The Morgan fingerprint density at radius 3 is 2.80 bits per heavy atom. The van der Waals surface area contributed by atoms with E-state index >= 15 is 0 Å². The quantitative estimate of drug-likeness (QED) is 0.457. The van der Waals surface area contributed by atoms with Gasteiger partial charge in [0.25, 0.3) is 5.56 Å². The average molecular weight is 354 g/mol. The van der Waals surface area contributed by atoms with Crippen molar-refractivity contribution in [1.29, 1.82) is 0 Å². The summed E-state index contributed by atoms with van der Waals surface area (Å²) < 4.78 is 20.9. The molecule has 0 spiro atoms. The predicted octanol–water partition coefficient (Wildman–Crippen LogP) is 2.00. The lowest BCUT2D eigenvalue weighted by molar-refractivity contribution is 0.564. The summed E-state index contributed by atoms with van der Waals surface area (Å²) in [7, 11) is 0. The summed E-state index contributed by atoms with van der Waals surface area (Å²) in [6.07, 6.45) is 0. The van der Waals surface area contributed by atoms with E-state index in [-0.39, 0.29) is 16.4 Å².